The van der Waals surface area contributed by atoms with Crippen molar-refractivity contribution < 1.29 is 18.3 Å². The van der Waals surface area contributed by atoms with E-state index in [2.05, 4.69) is 15.9 Å². The topological polar surface area (TPSA) is 26.3 Å². The third kappa shape index (κ3) is 3.61. The van der Waals surface area contributed by atoms with Crippen LogP contribution in [0, 0.1) is 11.6 Å². The predicted octanol–water partition coefficient (Wildman–Crippen LogP) is 3.99. The number of carbonyl (C=O) groups is 1. The molecule has 5 heteroatoms. The highest BCUT2D eigenvalue weighted by Crippen LogP contribution is 2.18. The zero-order chi connectivity index (χ0) is 13.8. The molecule has 0 saturated heterocycles. The summed E-state index contributed by atoms with van der Waals surface area (Å²) in [7, 11) is 0. The van der Waals surface area contributed by atoms with E-state index in [0.29, 0.717) is 5.56 Å². The number of rotatable bonds is 4. The highest BCUT2D eigenvalue weighted by Gasteiger charge is 2.10. The average Bonchev–Trinajstić information content (AvgIpc) is 2.40. The molecule has 98 valence electrons. The molecule has 0 unspecified atom stereocenters. The molecule has 0 aliphatic carbocycles. The summed E-state index contributed by atoms with van der Waals surface area (Å²) in [6.07, 6.45) is 0. The fourth-order valence-corrected chi connectivity index (χ4v) is 1.71. The van der Waals surface area contributed by atoms with E-state index in [1.807, 2.05) is 0 Å². The zero-order valence-electron chi connectivity index (χ0n) is 9.70. The number of hydrogen-bond acceptors (Lipinski definition) is 2. The second kappa shape index (κ2) is 5.93. The van der Waals surface area contributed by atoms with Crippen LogP contribution < -0.4 is 4.74 Å². The quantitative estimate of drug-likeness (QED) is 0.794. The minimum absolute atomic E-state index is 0.273. The van der Waals surface area contributed by atoms with Crippen LogP contribution in [0.4, 0.5) is 8.78 Å². The molecule has 19 heavy (non-hydrogen) atoms. The van der Waals surface area contributed by atoms with Crippen LogP contribution in [0.5, 0.6) is 5.75 Å². The molecule has 0 N–H and O–H groups in total. The smallest absolute Gasteiger partial charge is 0.200 e. The largest absolute Gasteiger partial charge is 0.482 e. The van der Waals surface area contributed by atoms with E-state index in [4.69, 9.17) is 4.74 Å². The Morgan fingerprint density at radius 3 is 2.47 bits per heavy atom. The third-order valence-corrected chi connectivity index (χ3v) is 2.95. The molecule has 0 aliphatic rings. The van der Waals surface area contributed by atoms with Gasteiger partial charge in [-0.15, -0.1) is 0 Å². The lowest BCUT2D eigenvalue weighted by Gasteiger charge is -2.06. The van der Waals surface area contributed by atoms with Crippen molar-refractivity contribution in [2.24, 2.45) is 0 Å². The fraction of sp³-hybridized carbons (Fsp3) is 0.0714. The maximum atomic E-state index is 13.3. The minimum Gasteiger partial charge on any atom is -0.482 e. The van der Waals surface area contributed by atoms with Crippen LogP contribution in [-0.2, 0) is 0 Å². The highest BCUT2D eigenvalue weighted by molar-refractivity contribution is 9.10. The van der Waals surface area contributed by atoms with Crippen molar-refractivity contribution in [1.82, 2.24) is 0 Å². The molecule has 0 radical (unpaired) electrons. The number of ketones is 1. The first-order valence-corrected chi connectivity index (χ1v) is 6.22. The number of hydrogen-bond donors (Lipinski definition) is 0. The van der Waals surface area contributed by atoms with Gasteiger partial charge in [-0.2, -0.15) is 0 Å². The number of halogens is 3. The second-order valence-electron chi connectivity index (χ2n) is 3.79. The molecule has 2 aromatic rings. The highest BCUT2D eigenvalue weighted by atomic mass is 79.9. The zero-order valence-corrected chi connectivity index (χ0v) is 11.3. The minimum atomic E-state index is -0.704. The van der Waals surface area contributed by atoms with E-state index in [1.54, 1.807) is 24.3 Å². The van der Waals surface area contributed by atoms with E-state index in [9.17, 15) is 13.6 Å². The molecule has 0 atom stereocenters. The summed E-state index contributed by atoms with van der Waals surface area (Å²) in [5.74, 6) is -1.90. The van der Waals surface area contributed by atoms with Gasteiger partial charge in [0, 0.05) is 16.1 Å². The Bertz CT molecular complexity index is 597. The molecule has 0 fully saturated rings. The Morgan fingerprint density at radius 2 is 1.79 bits per heavy atom. The number of ether oxygens (including phenoxy) is 1. The Kier molecular flexibility index (Phi) is 4.27. The van der Waals surface area contributed by atoms with Gasteiger partial charge in [0.25, 0.3) is 0 Å². The fourth-order valence-electron chi connectivity index (χ4n) is 1.45. The summed E-state index contributed by atoms with van der Waals surface area (Å²) in [4.78, 5) is 11.8. The van der Waals surface area contributed by atoms with Crippen molar-refractivity contribution >= 4 is 21.7 Å². The molecule has 2 aromatic carbocycles. The van der Waals surface area contributed by atoms with Crippen LogP contribution >= 0.6 is 15.9 Å². The van der Waals surface area contributed by atoms with Gasteiger partial charge in [-0.05, 0) is 24.3 Å². The van der Waals surface area contributed by atoms with E-state index in [1.165, 1.54) is 0 Å². The van der Waals surface area contributed by atoms with Crippen molar-refractivity contribution in [3.8, 4) is 5.75 Å². The summed E-state index contributed by atoms with van der Waals surface area (Å²) in [6.45, 7) is -0.345. The van der Waals surface area contributed by atoms with Gasteiger partial charge in [0.05, 0.1) is 0 Å². The molecule has 0 bridgehead atoms. The molecule has 0 aromatic heterocycles. The van der Waals surface area contributed by atoms with Gasteiger partial charge in [0.15, 0.2) is 24.0 Å². The van der Waals surface area contributed by atoms with E-state index < -0.39 is 11.6 Å². The summed E-state index contributed by atoms with van der Waals surface area (Å²) in [6, 6.07) is 9.53. The molecular formula is C14H9BrF2O2. The van der Waals surface area contributed by atoms with Gasteiger partial charge >= 0.3 is 0 Å². The maximum absolute atomic E-state index is 13.3. The SMILES string of the molecule is O=C(COc1cc(F)ccc1F)c1ccc(Br)cc1. The van der Waals surface area contributed by atoms with E-state index in [0.717, 1.165) is 22.7 Å². The molecule has 2 nitrogen and oxygen atoms in total. The van der Waals surface area contributed by atoms with E-state index in [-0.39, 0.29) is 18.1 Å². The van der Waals surface area contributed by atoms with Crippen LogP contribution in [-0.4, -0.2) is 12.4 Å². The van der Waals surface area contributed by atoms with Crippen LogP contribution in [0.3, 0.4) is 0 Å². The van der Waals surface area contributed by atoms with Crippen LogP contribution in [0.1, 0.15) is 10.4 Å². The second-order valence-corrected chi connectivity index (χ2v) is 4.71. The Labute approximate surface area is 117 Å². The van der Waals surface area contributed by atoms with Gasteiger partial charge in [0.1, 0.15) is 5.82 Å². The Hall–Kier alpha value is -1.75. The standard InChI is InChI=1S/C14H9BrF2O2/c15-10-3-1-9(2-4-10)13(18)8-19-14-7-11(16)5-6-12(14)17/h1-7H,8H2. The van der Waals surface area contributed by atoms with Crippen molar-refractivity contribution in [1.29, 1.82) is 0 Å². The lowest BCUT2D eigenvalue weighted by atomic mass is 10.1. The van der Waals surface area contributed by atoms with Crippen LogP contribution in [0.2, 0.25) is 0 Å². The Balaban J connectivity index is 2.04. The molecular weight excluding hydrogens is 318 g/mol. The summed E-state index contributed by atoms with van der Waals surface area (Å²) in [5, 5.41) is 0. The van der Waals surface area contributed by atoms with Gasteiger partial charge in [0.2, 0.25) is 0 Å². The van der Waals surface area contributed by atoms with Crippen molar-refractivity contribution in [2.75, 3.05) is 6.61 Å². The van der Waals surface area contributed by atoms with Gasteiger partial charge in [-0.3, -0.25) is 4.79 Å². The summed E-state index contributed by atoms with van der Waals surface area (Å²) < 4.78 is 32.0. The Morgan fingerprint density at radius 1 is 1.11 bits per heavy atom. The average molecular weight is 327 g/mol. The molecule has 2 rings (SSSR count). The molecule has 0 heterocycles. The molecule has 0 amide bonds. The predicted molar refractivity (Wildman–Crippen MR) is 70.3 cm³/mol. The summed E-state index contributed by atoms with van der Waals surface area (Å²) >= 11 is 3.25. The first-order valence-electron chi connectivity index (χ1n) is 5.43. The lowest BCUT2D eigenvalue weighted by Crippen LogP contribution is -2.12. The summed E-state index contributed by atoms with van der Waals surface area (Å²) in [5.41, 5.74) is 0.444. The molecule has 0 aliphatic heterocycles. The number of Topliss-reactive ketones (excluding diaryl/α,β-unsaturated/α-hetero) is 1. The normalized spacial score (nSPS) is 10.3. The van der Waals surface area contributed by atoms with Crippen LogP contribution in [0.25, 0.3) is 0 Å². The van der Waals surface area contributed by atoms with Crippen LogP contribution in [0.15, 0.2) is 46.9 Å². The van der Waals surface area contributed by atoms with Gasteiger partial charge in [-0.1, -0.05) is 28.1 Å². The van der Waals surface area contributed by atoms with Gasteiger partial charge in [-0.25, -0.2) is 8.78 Å². The first-order chi connectivity index (χ1) is 9.06. The number of benzene rings is 2. The van der Waals surface area contributed by atoms with Gasteiger partial charge < -0.3 is 4.74 Å². The lowest BCUT2D eigenvalue weighted by molar-refractivity contribution is 0.0918. The van der Waals surface area contributed by atoms with Crippen molar-refractivity contribution in [3.63, 3.8) is 0 Å². The molecule has 0 spiro atoms. The third-order valence-electron chi connectivity index (χ3n) is 2.42. The van der Waals surface area contributed by atoms with Crippen molar-refractivity contribution in [2.45, 2.75) is 0 Å². The number of carbonyl (C=O) groups excluding carboxylic acids is 1. The monoisotopic (exact) mass is 326 g/mol. The maximum Gasteiger partial charge on any atom is 0.200 e. The van der Waals surface area contributed by atoms with E-state index >= 15 is 0 Å². The first kappa shape index (κ1) is 13.7. The molecule has 0 saturated carbocycles. The van der Waals surface area contributed by atoms with Crippen molar-refractivity contribution in [3.05, 3.63) is 64.1 Å².